The van der Waals surface area contributed by atoms with E-state index < -0.39 is 0 Å². The number of amides is 2. The van der Waals surface area contributed by atoms with Crippen LogP contribution in [0.25, 0.3) is 0 Å². The normalized spacial score (nSPS) is 14.5. The maximum Gasteiger partial charge on any atom is 0.243 e. The van der Waals surface area contributed by atoms with Crippen LogP contribution in [0.4, 0.5) is 5.69 Å². The van der Waals surface area contributed by atoms with Gasteiger partial charge in [0.05, 0.1) is 6.54 Å². The van der Waals surface area contributed by atoms with Crippen LogP contribution in [-0.4, -0.2) is 24.9 Å². The number of hydrogen-bond acceptors (Lipinski definition) is 3. The number of rotatable bonds is 9. The summed E-state index contributed by atoms with van der Waals surface area (Å²) in [4.78, 5) is 23.9. The molecule has 0 spiro atoms. The number of nitrogens with one attached hydrogen (secondary N) is 3. The van der Waals surface area contributed by atoms with Gasteiger partial charge in [0.1, 0.15) is 0 Å². The Labute approximate surface area is 144 Å². The standard InChI is InChI=1S/C19H29N3O2/c1-2-20-13-16-9-5-6-10-17(16)22-19(24)14-21-18(23)12-11-15-7-3-4-8-15/h5-6,9-10,15,20H,2-4,7-8,11-14H2,1H3,(H,21,23)(H,22,24). The lowest BCUT2D eigenvalue weighted by molar-refractivity contribution is -0.124. The molecule has 0 atom stereocenters. The smallest absolute Gasteiger partial charge is 0.243 e. The third kappa shape index (κ3) is 6.32. The molecule has 1 saturated carbocycles. The Kier molecular flexibility index (Phi) is 7.75. The molecule has 1 aromatic carbocycles. The molecule has 3 N–H and O–H groups in total. The highest BCUT2D eigenvalue weighted by atomic mass is 16.2. The van der Waals surface area contributed by atoms with Crippen molar-refractivity contribution >= 4 is 17.5 Å². The maximum atomic E-state index is 12.1. The summed E-state index contributed by atoms with van der Waals surface area (Å²) in [6, 6.07) is 7.71. The van der Waals surface area contributed by atoms with E-state index in [4.69, 9.17) is 0 Å². The molecular formula is C19H29N3O2. The molecule has 0 radical (unpaired) electrons. The van der Waals surface area contributed by atoms with Gasteiger partial charge >= 0.3 is 0 Å². The van der Waals surface area contributed by atoms with Crippen LogP contribution < -0.4 is 16.0 Å². The summed E-state index contributed by atoms with van der Waals surface area (Å²) in [5, 5.41) is 8.85. The van der Waals surface area contributed by atoms with E-state index in [0.717, 1.165) is 24.2 Å². The van der Waals surface area contributed by atoms with Gasteiger partial charge in [-0.05, 0) is 30.5 Å². The van der Waals surface area contributed by atoms with E-state index in [2.05, 4.69) is 16.0 Å². The first kappa shape index (κ1) is 18.5. The summed E-state index contributed by atoms with van der Waals surface area (Å²) in [6.07, 6.45) is 6.54. The van der Waals surface area contributed by atoms with Crippen molar-refractivity contribution in [2.45, 2.75) is 52.0 Å². The molecular weight excluding hydrogens is 302 g/mol. The molecule has 5 heteroatoms. The lowest BCUT2D eigenvalue weighted by Gasteiger charge is -2.12. The molecule has 132 valence electrons. The minimum atomic E-state index is -0.187. The largest absolute Gasteiger partial charge is 0.347 e. The molecule has 5 nitrogen and oxygen atoms in total. The van der Waals surface area contributed by atoms with E-state index in [1.807, 2.05) is 31.2 Å². The molecule has 0 bridgehead atoms. The third-order valence-corrected chi connectivity index (χ3v) is 4.56. The van der Waals surface area contributed by atoms with E-state index >= 15 is 0 Å². The molecule has 24 heavy (non-hydrogen) atoms. The zero-order chi connectivity index (χ0) is 17.2. The van der Waals surface area contributed by atoms with Gasteiger partial charge in [0.2, 0.25) is 11.8 Å². The first-order chi connectivity index (χ1) is 11.7. The fraction of sp³-hybridized carbons (Fsp3) is 0.579. The molecule has 2 amide bonds. The van der Waals surface area contributed by atoms with E-state index in [1.165, 1.54) is 25.7 Å². The zero-order valence-corrected chi connectivity index (χ0v) is 14.6. The van der Waals surface area contributed by atoms with Gasteiger partial charge in [-0.25, -0.2) is 0 Å². The van der Waals surface area contributed by atoms with Gasteiger partial charge < -0.3 is 16.0 Å². The Morgan fingerprint density at radius 2 is 1.88 bits per heavy atom. The summed E-state index contributed by atoms with van der Waals surface area (Å²) in [6.45, 7) is 3.65. The number of benzene rings is 1. The van der Waals surface area contributed by atoms with Crippen LogP contribution in [0.3, 0.4) is 0 Å². The van der Waals surface area contributed by atoms with Gasteiger partial charge in [-0.1, -0.05) is 50.8 Å². The number of para-hydroxylation sites is 1. The molecule has 0 unspecified atom stereocenters. The van der Waals surface area contributed by atoms with E-state index in [9.17, 15) is 9.59 Å². The Morgan fingerprint density at radius 3 is 2.62 bits per heavy atom. The Balaban J connectivity index is 1.71. The first-order valence-electron chi connectivity index (χ1n) is 9.04. The second kappa shape index (κ2) is 10.1. The van der Waals surface area contributed by atoms with Crippen LogP contribution in [-0.2, 0) is 16.1 Å². The minimum Gasteiger partial charge on any atom is -0.347 e. The fourth-order valence-electron chi connectivity index (χ4n) is 3.15. The highest BCUT2D eigenvalue weighted by Gasteiger charge is 2.16. The van der Waals surface area contributed by atoms with Crippen LogP contribution in [0.1, 0.15) is 51.0 Å². The summed E-state index contributed by atoms with van der Waals surface area (Å²) >= 11 is 0. The Bertz CT molecular complexity index is 539. The van der Waals surface area contributed by atoms with Gasteiger partial charge in [-0.15, -0.1) is 0 Å². The van der Waals surface area contributed by atoms with Crippen molar-refractivity contribution < 1.29 is 9.59 Å². The molecule has 0 heterocycles. The minimum absolute atomic E-state index is 0.0268. The van der Waals surface area contributed by atoms with Crippen molar-refractivity contribution in [3.63, 3.8) is 0 Å². The molecule has 0 saturated heterocycles. The van der Waals surface area contributed by atoms with Crippen LogP contribution in [0, 0.1) is 5.92 Å². The molecule has 0 aromatic heterocycles. The van der Waals surface area contributed by atoms with Crippen molar-refractivity contribution in [3.8, 4) is 0 Å². The lowest BCUT2D eigenvalue weighted by Crippen LogP contribution is -2.33. The van der Waals surface area contributed by atoms with Gasteiger partial charge in [-0.2, -0.15) is 0 Å². The average molecular weight is 331 g/mol. The lowest BCUT2D eigenvalue weighted by atomic mass is 10.0. The van der Waals surface area contributed by atoms with Gasteiger partial charge in [-0.3, -0.25) is 9.59 Å². The summed E-state index contributed by atoms with van der Waals surface area (Å²) in [7, 11) is 0. The highest BCUT2D eigenvalue weighted by molar-refractivity contribution is 5.95. The average Bonchev–Trinajstić information content (AvgIpc) is 3.11. The van der Waals surface area contributed by atoms with Gasteiger partial charge in [0, 0.05) is 18.7 Å². The van der Waals surface area contributed by atoms with Crippen LogP contribution >= 0.6 is 0 Å². The molecule has 1 fully saturated rings. The van der Waals surface area contributed by atoms with Crippen molar-refractivity contribution in [1.82, 2.24) is 10.6 Å². The quantitative estimate of drug-likeness (QED) is 0.652. The van der Waals surface area contributed by atoms with Crippen LogP contribution in [0.2, 0.25) is 0 Å². The number of carbonyl (C=O) groups is 2. The third-order valence-electron chi connectivity index (χ3n) is 4.56. The summed E-state index contributed by atoms with van der Waals surface area (Å²) in [5.74, 6) is 0.480. The van der Waals surface area contributed by atoms with E-state index in [0.29, 0.717) is 18.9 Å². The monoisotopic (exact) mass is 331 g/mol. The molecule has 1 aliphatic carbocycles. The zero-order valence-electron chi connectivity index (χ0n) is 14.6. The SMILES string of the molecule is CCNCc1ccccc1NC(=O)CNC(=O)CCC1CCCC1. The van der Waals surface area contributed by atoms with Crippen molar-refractivity contribution in [2.24, 2.45) is 5.92 Å². The maximum absolute atomic E-state index is 12.1. The van der Waals surface area contributed by atoms with Crippen LogP contribution in [0.15, 0.2) is 24.3 Å². The Hall–Kier alpha value is -1.88. The summed E-state index contributed by atoms with van der Waals surface area (Å²) < 4.78 is 0. The molecule has 1 aromatic rings. The molecule has 0 aliphatic heterocycles. The second-order valence-corrected chi connectivity index (χ2v) is 6.45. The predicted molar refractivity (Wildman–Crippen MR) is 96.7 cm³/mol. The first-order valence-corrected chi connectivity index (χ1v) is 9.04. The highest BCUT2D eigenvalue weighted by Crippen LogP contribution is 2.28. The fourth-order valence-corrected chi connectivity index (χ4v) is 3.15. The number of carbonyl (C=O) groups excluding carboxylic acids is 2. The topological polar surface area (TPSA) is 70.2 Å². The van der Waals surface area contributed by atoms with Crippen LogP contribution in [0.5, 0.6) is 0 Å². The van der Waals surface area contributed by atoms with E-state index in [1.54, 1.807) is 0 Å². The summed E-state index contributed by atoms with van der Waals surface area (Å²) in [5.41, 5.74) is 1.84. The number of hydrogen-bond donors (Lipinski definition) is 3. The van der Waals surface area contributed by atoms with Crippen molar-refractivity contribution in [3.05, 3.63) is 29.8 Å². The second-order valence-electron chi connectivity index (χ2n) is 6.45. The predicted octanol–water partition coefficient (Wildman–Crippen LogP) is 2.82. The van der Waals surface area contributed by atoms with Gasteiger partial charge in [0.15, 0.2) is 0 Å². The molecule has 2 rings (SSSR count). The Morgan fingerprint density at radius 1 is 1.12 bits per heavy atom. The van der Waals surface area contributed by atoms with E-state index in [-0.39, 0.29) is 18.4 Å². The molecule has 1 aliphatic rings. The van der Waals surface area contributed by atoms with Crippen molar-refractivity contribution in [2.75, 3.05) is 18.4 Å². The van der Waals surface area contributed by atoms with Crippen molar-refractivity contribution in [1.29, 1.82) is 0 Å². The number of anilines is 1. The van der Waals surface area contributed by atoms with Gasteiger partial charge in [0.25, 0.3) is 0 Å².